The third-order valence-electron chi connectivity index (χ3n) is 5.25. The Morgan fingerprint density at radius 3 is 2.50 bits per heavy atom. The molecule has 0 spiro atoms. The van der Waals surface area contributed by atoms with Crippen molar-refractivity contribution >= 4 is 33.1 Å². The van der Waals surface area contributed by atoms with Crippen molar-refractivity contribution in [2.24, 2.45) is 0 Å². The summed E-state index contributed by atoms with van der Waals surface area (Å²) >= 11 is 0. The highest BCUT2D eigenvalue weighted by Gasteiger charge is 2.19. The van der Waals surface area contributed by atoms with Gasteiger partial charge in [0.1, 0.15) is 5.65 Å². The maximum Gasteiger partial charge on any atom is 0.264 e. The SMILES string of the molecule is Cc1noc(NS(=O)(=O)c2ccc(NC(=O)CCc3c(C)nc4ccccn34)cc2)c1C. The first kappa shape index (κ1) is 21.6. The van der Waals surface area contributed by atoms with E-state index >= 15 is 0 Å². The summed E-state index contributed by atoms with van der Waals surface area (Å²) in [4.78, 5) is 17.0. The number of benzene rings is 1. The number of carbonyl (C=O) groups excluding carboxylic acids is 1. The van der Waals surface area contributed by atoms with Crippen LogP contribution in [0.15, 0.2) is 58.1 Å². The lowest BCUT2D eigenvalue weighted by atomic mass is 10.2. The van der Waals surface area contributed by atoms with Gasteiger partial charge in [-0.2, -0.15) is 0 Å². The highest BCUT2D eigenvalue weighted by molar-refractivity contribution is 7.92. The summed E-state index contributed by atoms with van der Waals surface area (Å²) in [5.41, 5.74) is 4.47. The fourth-order valence-corrected chi connectivity index (χ4v) is 4.38. The first-order valence-electron chi connectivity index (χ1n) is 10.0. The maximum absolute atomic E-state index is 12.6. The van der Waals surface area contributed by atoms with Crippen LogP contribution in [0.3, 0.4) is 0 Å². The molecule has 9 nitrogen and oxygen atoms in total. The summed E-state index contributed by atoms with van der Waals surface area (Å²) in [6.45, 7) is 5.37. The van der Waals surface area contributed by atoms with Crippen molar-refractivity contribution in [3.05, 3.63) is 71.3 Å². The quantitative estimate of drug-likeness (QED) is 0.441. The third-order valence-corrected chi connectivity index (χ3v) is 6.60. The number of nitrogens with one attached hydrogen (secondary N) is 2. The van der Waals surface area contributed by atoms with Crippen molar-refractivity contribution in [2.75, 3.05) is 10.0 Å². The first-order chi connectivity index (χ1) is 15.2. The summed E-state index contributed by atoms with van der Waals surface area (Å²) < 4.78 is 34.5. The highest BCUT2D eigenvalue weighted by atomic mass is 32.2. The molecule has 0 atom stereocenters. The van der Waals surface area contributed by atoms with E-state index in [1.165, 1.54) is 12.1 Å². The Balaban J connectivity index is 1.39. The molecule has 0 fully saturated rings. The van der Waals surface area contributed by atoms with Gasteiger partial charge in [0.15, 0.2) is 0 Å². The van der Waals surface area contributed by atoms with Crippen molar-refractivity contribution in [3.8, 4) is 0 Å². The van der Waals surface area contributed by atoms with E-state index in [1.54, 1.807) is 26.0 Å². The zero-order chi connectivity index (χ0) is 22.9. The average Bonchev–Trinajstić information content (AvgIpc) is 3.25. The van der Waals surface area contributed by atoms with Gasteiger partial charge < -0.3 is 14.2 Å². The van der Waals surface area contributed by atoms with Crippen LogP contribution in [0.2, 0.25) is 0 Å². The predicted molar refractivity (Wildman–Crippen MR) is 120 cm³/mol. The molecule has 0 unspecified atom stereocenters. The summed E-state index contributed by atoms with van der Waals surface area (Å²) in [6.07, 6.45) is 2.74. The van der Waals surface area contributed by atoms with Crippen LogP contribution in [-0.4, -0.2) is 28.9 Å². The number of aromatic nitrogens is 3. The number of carbonyl (C=O) groups is 1. The van der Waals surface area contributed by atoms with Gasteiger partial charge in [0.2, 0.25) is 11.8 Å². The van der Waals surface area contributed by atoms with Crippen LogP contribution in [-0.2, 0) is 21.2 Å². The number of hydrogen-bond donors (Lipinski definition) is 2. The number of aryl methyl sites for hydroxylation is 3. The van der Waals surface area contributed by atoms with Crippen LogP contribution in [0.5, 0.6) is 0 Å². The average molecular weight is 454 g/mol. The molecule has 0 aliphatic rings. The van der Waals surface area contributed by atoms with Crippen LogP contribution in [0, 0.1) is 20.8 Å². The molecule has 32 heavy (non-hydrogen) atoms. The van der Waals surface area contributed by atoms with Crippen molar-refractivity contribution in [3.63, 3.8) is 0 Å². The van der Waals surface area contributed by atoms with Crippen molar-refractivity contribution < 1.29 is 17.7 Å². The van der Waals surface area contributed by atoms with Crippen molar-refractivity contribution in [1.29, 1.82) is 0 Å². The largest absolute Gasteiger partial charge is 0.337 e. The number of anilines is 2. The Morgan fingerprint density at radius 1 is 1.06 bits per heavy atom. The van der Waals surface area contributed by atoms with Gasteiger partial charge >= 0.3 is 0 Å². The predicted octanol–water partition coefficient (Wildman–Crippen LogP) is 3.62. The van der Waals surface area contributed by atoms with Crippen LogP contribution in [0.4, 0.5) is 11.6 Å². The molecular weight excluding hydrogens is 430 g/mol. The molecule has 1 aromatic carbocycles. The van der Waals surface area contributed by atoms with E-state index in [4.69, 9.17) is 4.52 Å². The number of imidazole rings is 1. The Labute approximate surface area is 185 Å². The number of hydrogen-bond acceptors (Lipinski definition) is 6. The van der Waals surface area contributed by atoms with E-state index in [2.05, 4.69) is 20.2 Å². The number of rotatable bonds is 7. The fraction of sp³-hybridized carbons (Fsp3) is 0.227. The molecule has 0 saturated heterocycles. The molecule has 2 N–H and O–H groups in total. The van der Waals surface area contributed by atoms with Gasteiger partial charge in [-0.15, -0.1) is 0 Å². The minimum absolute atomic E-state index is 0.0466. The smallest absolute Gasteiger partial charge is 0.264 e. The molecule has 4 aromatic rings. The second kappa shape index (κ2) is 8.46. The Hall–Kier alpha value is -3.66. The molecule has 0 bridgehead atoms. The van der Waals surface area contributed by atoms with Gasteiger partial charge in [0.05, 0.1) is 16.3 Å². The van der Waals surface area contributed by atoms with Crippen LogP contribution in [0.25, 0.3) is 5.65 Å². The minimum Gasteiger partial charge on any atom is -0.337 e. The lowest BCUT2D eigenvalue weighted by Crippen LogP contribution is -2.15. The molecule has 0 radical (unpaired) electrons. The zero-order valence-corrected chi connectivity index (χ0v) is 18.7. The van der Waals surface area contributed by atoms with E-state index < -0.39 is 10.0 Å². The molecule has 166 valence electrons. The Bertz CT molecular complexity index is 1390. The van der Waals surface area contributed by atoms with Gasteiger partial charge in [0, 0.05) is 29.6 Å². The van der Waals surface area contributed by atoms with Crippen LogP contribution < -0.4 is 10.0 Å². The first-order valence-corrected chi connectivity index (χ1v) is 11.5. The van der Waals surface area contributed by atoms with E-state index in [0.29, 0.717) is 23.4 Å². The van der Waals surface area contributed by atoms with Gasteiger partial charge in [-0.05, 0) is 63.6 Å². The number of nitrogens with zero attached hydrogens (tertiary/aromatic N) is 3. The van der Waals surface area contributed by atoms with Gasteiger partial charge in [-0.3, -0.25) is 4.79 Å². The Kier molecular flexibility index (Phi) is 5.70. The Morgan fingerprint density at radius 2 is 1.81 bits per heavy atom. The summed E-state index contributed by atoms with van der Waals surface area (Å²) in [5.74, 6) is -0.0839. The lowest BCUT2D eigenvalue weighted by molar-refractivity contribution is -0.116. The summed E-state index contributed by atoms with van der Waals surface area (Å²) in [6, 6.07) is 11.7. The van der Waals surface area contributed by atoms with Gasteiger partial charge in [-0.25, -0.2) is 18.1 Å². The normalized spacial score (nSPS) is 11.6. The molecular formula is C22H23N5O4S. The third kappa shape index (κ3) is 4.35. The second-order valence-corrected chi connectivity index (χ2v) is 9.16. The van der Waals surface area contributed by atoms with Gasteiger partial charge in [0.25, 0.3) is 10.0 Å². The van der Waals surface area contributed by atoms with Gasteiger partial charge in [-0.1, -0.05) is 11.2 Å². The van der Waals surface area contributed by atoms with Crippen molar-refractivity contribution in [1.82, 2.24) is 14.5 Å². The highest BCUT2D eigenvalue weighted by Crippen LogP contribution is 2.23. The maximum atomic E-state index is 12.6. The van der Waals surface area contributed by atoms with E-state index in [1.807, 2.05) is 35.7 Å². The fourth-order valence-electron chi connectivity index (χ4n) is 3.33. The van der Waals surface area contributed by atoms with Crippen molar-refractivity contribution in [2.45, 2.75) is 38.5 Å². The molecule has 3 heterocycles. The molecule has 1 amide bonds. The number of fused-ring (bicyclic) bond motifs is 1. The monoisotopic (exact) mass is 453 g/mol. The second-order valence-electron chi connectivity index (χ2n) is 7.47. The molecule has 3 aromatic heterocycles. The van der Waals surface area contributed by atoms with Crippen LogP contribution >= 0.6 is 0 Å². The molecule has 10 heteroatoms. The lowest BCUT2D eigenvalue weighted by Gasteiger charge is -2.08. The number of pyridine rings is 1. The minimum atomic E-state index is -3.84. The van der Waals surface area contributed by atoms with E-state index in [-0.39, 0.29) is 23.1 Å². The van der Waals surface area contributed by atoms with E-state index in [9.17, 15) is 13.2 Å². The molecule has 4 rings (SSSR count). The molecule has 0 saturated carbocycles. The molecule has 0 aliphatic carbocycles. The van der Waals surface area contributed by atoms with Crippen LogP contribution in [0.1, 0.15) is 29.1 Å². The topological polar surface area (TPSA) is 119 Å². The summed E-state index contributed by atoms with van der Waals surface area (Å²) in [5, 5.41) is 6.54. The number of amides is 1. The zero-order valence-electron chi connectivity index (χ0n) is 17.9. The number of sulfonamides is 1. The summed E-state index contributed by atoms with van der Waals surface area (Å²) in [7, 11) is -3.84. The van der Waals surface area contributed by atoms with E-state index in [0.717, 1.165) is 17.0 Å². The standard InChI is InChI=1S/C22H23N5O4S/c1-14-15(2)25-31-22(14)26-32(29,30)18-9-7-17(8-10-18)24-21(28)12-11-19-16(3)23-20-6-4-5-13-27(19)20/h4-10,13,26H,11-12H2,1-3H3,(H,24,28). The molecule has 0 aliphatic heterocycles.